The highest BCUT2D eigenvalue weighted by Crippen LogP contribution is 2.22. The second-order valence-corrected chi connectivity index (χ2v) is 12.0. The maximum Gasteiger partial charge on any atom is 0.273 e. The van der Waals surface area contributed by atoms with Gasteiger partial charge in [-0.25, -0.2) is 0 Å². The number of nitrogens with two attached hydrogens (primary N) is 1. The molecular weight excluding hydrogens is 600 g/mol. The molecule has 15 heteroatoms. The molecule has 2 aromatic rings. The lowest BCUT2D eigenvalue weighted by Crippen LogP contribution is -2.59. The van der Waals surface area contributed by atoms with E-state index >= 15 is 0 Å². The number of hydrogen-bond acceptors (Lipinski definition) is 9. The van der Waals surface area contributed by atoms with Gasteiger partial charge in [0, 0.05) is 18.2 Å². The number of benzene rings is 2. The highest BCUT2D eigenvalue weighted by molar-refractivity contribution is 5.93. The van der Waals surface area contributed by atoms with Crippen LogP contribution in [0, 0.1) is 10.1 Å². The summed E-state index contributed by atoms with van der Waals surface area (Å²) in [5.41, 5.74) is 5.21. The van der Waals surface area contributed by atoms with Gasteiger partial charge in [0.15, 0.2) is 12.7 Å². The molecule has 1 aliphatic heterocycles. The summed E-state index contributed by atoms with van der Waals surface area (Å²) in [6, 6.07) is 10.3. The minimum atomic E-state index is -1.78. The number of non-ortho nitro benzene ring substituents is 1. The molecule has 0 aromatic heterocycles. The number of aliphatic hydroxyl groups is 1. The molecule has 1 heterocycles. The number of carbonyl (C=O) groups is 5. The van der Waals surface area contributed by atoms with Crippen LogP contribution in [0.15, 0.2) is 54.6 Å². The molecule has 6 N–H and O–H groups in total. The third kappa shape index (κ3) is 10.5. The van der Waals surface area contributed by atoms with Crippen LogP contribution in [0.1, 0.15) is 45.6 Å². The molecule has 1 saturated heterocycles. The largest absolute Gasteiger partial charge is 0.484 e. The number of amides is 5. The standard InChI is InChI=1S/C31H40N6O9/c1-31(2,3)35-29(42)24-13-8-14-36(24)30(43)27(40)22(15-19-9-5-4-6-10-19)34-28(41)23(17-25(32)38)33-26(39)18-46-21-12-7-11-20(16-21)37(44)45/h4-7,9-12,16,22-24,27,40H,8,13-15,17-18H2,1-3H3,(H2,32,38)(H,33,39)(H,34,41)(H,35,42)/t22-,23-,24-,27-/m0/s1. The fourth-order valence-corrected chi connectivity index (χ4v) is 4.97. The molecule has 15 nitrogen and oxygen atoms in total. The highest BCUT2D eigenvalue weighted by atomic mass is 16.6. The van der Waals surface area contributed by atoms with Crippen molar-refractivity contribution in [1.82, 2.24) is 20.9 Å². The van der Waals surface area contributed by atoms with Gasteiger partial charge >= 0.3 is 0 Å². The molecule has 0 bridgehead atoms. The number of primary amides is 1. The first-order valence-electron chi connectivity index (χ1n) is 14.7. The van der Waals surface area contributed by atoms with Crippen LogP contribution in [0.5, 0.6) is 5.75 Å². The van der Waals surface area contributed by atoms with Gasteiger partial charge < -0.3 is 36.4 Å². The van der Waals surface area contributed by atoms with Crippen LogP contribution in [0.3, 0.4) is 0 Å². The van der Waals surface area contributed by atoms with Crippen molar-refractivity contribution < 1.29 is 38.7 Å². The molecule has 0 unspecified atom stereocenters. The summed E-state index contributed by atoms with van der Waals surface area (Å²) in [4.78, 5) is 76.1. The van der Waals surface area contributed by atoms with E-state index in [9.17, 15) is 39.2 Å². The monoisotopic (exact) mass is 640 g/mol. The third-order valence-corrected chi connectivity index (χ3v) is 7.05. The Morgan fingerprint density at radius 3 is 2.41 bits per heavy atom. The molecule has 46 heavy (non-hydrogen) atoms. The highest BCUT2D eigenvalue weighted by Gasteiger charge is 2.40. The Kier molecular flexibility index (Phi) is 12.2. The lowest BCUT2D eigenvalue weighted by atomic mass is 9.99. The molecule has 1 fully saturated rings. The Bertz CT molecular complexity index is 1430. The number of nitro benzene ring substituents is 1. The molecule has 1 aliphatic rings. The molecular formula is C31H40N6O9. The number of nitrogens with zero attached hydrogens (tertiary/aromatic N) is 2. The van der Waals surface area contributed by atoms with Gasteiger partial charge in [0.05, 0.1) is 23.5 Å². The summed E-state index contributed by atoms with van der Waals surface area (Å²) in [5, 5.41) is 30.1. The lowest BCUT2D eigenvalue weighted by Gasteiger charge is -2.32. The number of rotatable bonds is 14. The predicted molar refractivity (Wildman–Crippen MR) is 165 cm³/mol. The second kappa shape index (κ2) is 15.8. The average molecular weight is 641 g/mol. The second-order valence-electron chi connectivity index (χ2n) is 12.0. The van der Waals surface area contributed by atoms with Gasteiger partial charge in [-0.2, -0.15) is 0 Å². The van der Waals surface area contributed by atoms with Crippen LogP contribution >= 0.6 is 0 Å². The van der Waals surface area contributed by atoms with Crippen LogP contribution in [-0.4, -0.2) is 87.4 Å². The average Bonchev–Trinajstić information content (AvgIpc) is 3.49. The first kappa shape index (κ1) is 35.4. The Hall–Kier alpha value is -5.05. The summed E-state index contributed by atoms with van der Waals surface area (Å²) in [5.74, 6) is -3.74. The molecule has 0 saturated carbocycles. The van der Waals surface area contributed by atoms with Gasteiger partial charge in [0.25, 0.3) is 17.5 Å². The number of hydrogen-bond donors (Lipinski definition) is 5. The Morgan fingerprint density at radius 2 is 1.78 bits per heavy atom. The molecule has 3 rings (SSSR count). The fraction of sp³-hybridized carbons (Fsp3) is 0.452. The maximum absolute atomic E-state index is 13.6. The first-order chi connectivity index (χ1) is 21.6. The Balaban J connectivity index is 1.76. The lowest BCUT2D eigenvalue weighted by molar-refractivity contribution is -0.384. The van der Waals surface area contributed by atoms with E-state index in [-0.39, 0.29) is 30.3 Å². The van der Waals surface area contributed by atoms with Crippen molar-refractivity contribution in [1.29, 1.82) is 0 Å². The van der Waals surface area contributed by atoms with Gasteiger partial charge in [-0.15, -0.1) is 0 Å². The molecule has 0 aliphatic carbocycles. The van der Waals surface area contributed by atoms with E-state index in [4.69, 9.17) is 10.5 Å². The quantitative estimate of drug-likeness (QED) is 0.141. The number of carbonyl (C=O) groups excluding carboxylic acids is 5. The van der Waals surface area contributed by atoms with Crippen LogP contribution in [-0.2, 0) is 30.4 Å². The minimum Gasteiger partial charge on any atom is -0.484 e. The Morgan fingerprint density at radius 1 is 1.09 bits per heavy atom. The summed E-state index contributed by atoms with van der Waals surface area (Å²) < 4.78 is 5.30. The first-order valence-corrected chi connectivity index (χ1v) is 14.7. The molecule has 4 atom stereocenters. The minimum absolute atomic E-state index is 0.000678. The van der Waals surface area contributed by atoms with Gasteiger partial charge in [-0.1, -0.05) is 36.4 Å². The van der Waals surface area contributed by atoms with Crippen LogP contribution in [0.25, 0.3) is 0 Å². The summed E-state index contributed by atoms with van der Waals surface area (Å²) >= 11 is 0. The van der Waals surface area contributed by atoms with Gasteiger partial charge in [-0.05, 0) is 51.7 Å². The van der Waals surface area contributed by atoms with E-state index in [1.165, 1.54) is 23.1 Å². The molecule has 5 amide bonds. The van der Waals surface area contributed by atoms with Gasteiger partial charge in [-0.3, -0.25) is 34.1 Å². The zero-order chi connectivity index (χ0) is 34.0. The van der Waals surface area contributed by atoms with Crippen molar-refractivity contribution in [3.8, 4) is 5.75 Å². The maximum atomic E-state index is 13.6. The van der Waals surface area contributed by atoms with Crippen molar-refractivity contribution in [2.75, 3.05) is 13.2 Å². The van der Waals surface area contributed by atoms with Crippen molar-refractivity contribution in [3.63, 3.8) is 0 Å². The number of likely N-dealkylation sites (tertiary alicyclic amines) is 1. The molecule has 2 aromatic carbocycles. The Labute approximate surface area is 266 Å². The van der Waals surface area contributed by atoms with Crippen LogP contribution < -0.4 is 26.4 Å². The van der Waals surface area contributed by atoms with E-state index in [0.29, 0.717) is 18.4 Å². The smallest absolute Gasteiger partial charge is 0.273 e. The van der Waals surface area contributed by atoms with Crippen molar-refractivity contribution in [3.05, 3.63) is 70.3 Å². The topological polar surface area (TPSA) is 223 Å². The van der Waals surface area contributed by atoms with E-state index in [1.807, 2.05) is 20.8 Å². The fourth-order valence-electron chi connectivity index (χ4n) is 4.97. The summed E-state index contributed by atoms with van der Waals surface area (Å²) in [7, 11) is 0. The van der Waals surface area contributed by atoms with E-state index < -0.39 is 71.3 Å². The summed E-state index contributed by atoms with van der Waals surface area (Å²) in [6.07, 6.45) is -1.45. The number of nitrogens with one attached hydrogen (secondary N) is 3. The third-order valence-electron chi connectivity index (χ3n) is 7.05. The molecule has 0 spiro atoms. The van der Waals surface area contributed by atoms with Crippen molar-refractivity contribution in [2.45, 2.75) is 76.2 Å². The van der Waals surface area contributed by atoms with Gasteiger partial charge in [0.2, 0.25) is 17.7 Å². The van der Waals surface area contributed by atoms with E-state index in [2.05, 4.69) is 16.0 Å². The van der Waals surface area contributed by atoms with Crippen LogP contribution in [0.4, 0.5) is 5.69 Å². The van der Waals surface area contributed by atoms with E-state index in [0.717, 1.165) is 6.07 Å². The van der Waals surface area contributed by atoms with Crippen LogP contribution in [0.2, 0.25) is 0 Å². The summed E-state index contributed by atoms with van der Waals surface area (Å²) in [6.45, 7) is 5.02. The number of nitro groups is 1. The van der Waals surface area contributed by atoms with Crippen molar-refractivity contribution >= 4 is 35.2 Å². The SMILES string of the molecule is CC(C)(C)NC(=O)[C@@H]1CCCN1C(=O)[C@@H](O)[C@H](Cc1ccccc1)NC(=O)[C@H](CC(N)=O)NC(=O)COc1cccc([N+](=O)[O-])c1. The predicted octanol–water partition coefficient (Wildman–Crippen LogP) is 0.328. The van der Waals surface area contributed by atoms with Gasteiger partial charge in [0.1, 0.15) is 17.8 Å². The molecule has 248 valence electrons. The zero-order valence-corrected chi connectivity index (χ0v) is 25.9. The van der Waals surface area contributed by atoms with Crippen molar-refractivity contribution in [2.24, 2.45) is 5.73 Å². The number of aliphatic hydroxyl groups excluding tert-OH is 1. The number of ether oxygens (including phenoxy) is 1. The molecule has 0 radical (unpaired) electrons. The zero-order valence-electron chi connectivity index (χ0n) is 25.9. The van der Waals surface area contributed by atoms with E-state index in [1.54, 1.807) is 30.3 Å². The normalized spacial score (nSPS) is 16.4.